The van der Waals surface area contributed by atoms with Crippen LogP contribution in [0.2, 0.25) is 0 Å². The molecule has 2 aromatic rings. The maximum absolute atomic E-state index is 12.3. The van der Waals surface area contributed by atoms with Crippen LogP contribution in [-0.4, -0.2) is 88.9 Å². The van der Waals surface area contributed by atoms with Crippen molar-refractivity contribution in [1.82, 2.24) is 10.6 Å². The molecule has 1 unspecified atom stereocenters. The number of carbonyl (C=O) groups is 4. The summed E-state index contributed by atoms with van der Waals surface area (Å²) in [6.45, 7) is 8.50. The topological polar surface area (TPSA) is 155 Å². The van der Waals surface area contributed by atoms with E-state index in [9.17, 15) is 24.3 Å². The third kappa shape index (κ3) is 13.8. The first-order valence-corrected chi connectivity index (χ1v) is 11.9. The predicted octanol–water partition coefficient (Wildman–Crippen LogP) is 3.71. The van der Waals surface area contributed by atoms with Gasteiger partial charge in [0.1, 0.15) is 17.2 Å². The van der Waals surface area contributed by atoms with E-state index < -0.39 is 41.4 Å². The number of ether oxygens (including phenoxy) is 2. The van der Waals surface area contributed by atoms with E-state index in [-0.39, 0.29) is 42.5 Å². The quantitative estimate of drug-likeness (QED) is 0.274. The van der Waals surface area contributed by atoms with Crippen molar-refractivity contribution in [1.29, 1.82) is 0 Å². The Hall–Kier alpha value is -3.41. The van der Waals surface area contributed by atoms with Gasteiger partial charge in [0.25, 0.3) is 0 Å². The van der Waals surface area contributed by atoms with Crippen molar-refractivity contribution < 1.29 is 33.8 Å². The summed E-state index contributed by atoms with van der Waals surface area (Å²) in [5, 5.41) is 17.0. The monoisotopic (exact) mass is 550 g/mol. The number of urea groups is 1. The van der Waals surface area contributed by atoms with Gasteiger partial charge in [-0.3, -0.25) is 0 Å². The Morgan fingerprint density at radius 3 is 2.13 bits per heavy atom. The van der Waals surface area contributed by atoms with Crippen molar-refractivity contribution in [2.24, 2.45) is 4.99 Å². The summed E-state index contributed by atoms with van der Waals surface area (Å²) < 4.78 is 10.4. The number of aliphatic carboxylic acids is 1. The van der Waals surface area contributed by atoms with Crippen LogP contribution in [0.1, 0.15) is 45.7 Å². The fourth-order valence-corrected chi connectivity index (χ4v) is 3.05. The molecule has 4 amide bonds. The molecule has 0 bridgehead atoms. The number of carboxylic acids is 1. The SMILES string of the molecule is CC(C)(C)OC(=O)NCC(C)(C)OC(=O)/N=C/c1ccc(NC(=O)NC(Cc2ccccc2)C(=O)O)cc1.[NaH]. The summed E-state index contributed by atoms with van der Waals surface area (Å²) in [4.78, 5) is 51.5. The van der Waals surface area contributed by atoms with Gasteiger partial charge in [-0.25, -0.2) is 19.2 Å². The molecule has 0 aliphatic heterocycles. The number of benzene rings is 2. The van der Waals surface area contributed by atoms with E-state index in [2.05, 4.69) is 20.9 Å². The van der Waals surface area contributed by atoms with E-state index >= 15 is 0 Å². The zero-order valence-electron chi connectivity index (χ0n) is 22.1. The number of carbonyl (C=O) groups excluding carboxylic acids is 3. The molecule has 11 nitrogen and oxygen atoms in total. The van der Waals surface area contributed by atoms with E-state index in [1.54, 1.807) is 83.1 Å². The number of amides is 4. The van der Waals surface area contributed by atoms with Gasteiger partial charge in [0.2, 0.25) is 0 Å². The summed E-state index contributed by atoms with van der Waals surface area (Å²) in [6, 6.07) is 13.6. The Balaban J connectivity index is 0.00000760. The second kappa shape index (κ2) is 15.2. The predicted molar refractivity (Wildman–Crippen MR) is 150 cm³/mol. The first kappa shape index (κ1) is 33.6. The summed E-state index contributed by atoms with van der Waals surface area (Å²) >= 11 is 0. The second-order valence-corrected chi connectivity index (χ2v) is 10.0. The van der Waals surface area contributed by atoms with Crippen molar-refractivity contribution in [2.45, 2.75) is 58.3 Å². The van der Waals surface area contributed by atoms with Crippen molar-refractivity contribution in [3.05, 3.63) is 65.7 Å². The zero-order valence-corrected chi connectivity index (χ0v) is 22.1. The average Bonchev–Trinajstić information content (AvgIpc) is 2.81. The fraction of sp³-hybridized carbons (Fsp3) is 0.370. The molecule has 2 aromatic carbocycles. The average molecular weight is 551 g/mol. The van der Waals surface area contributed by atoms with E-state index in [0.717, 1.165) is 5.56 Å². The van der Waals surface area contributed by atoms with Crippen LogP contribution in [0.15, 0.2) is 59.6 Å². The van der Waals surface area contributed by atoms with Crippen LogP contribution in [0.25, 0.3) is 0 Å². The Bertz CT molecular complexity index is 1150. The molecule has 2 rings (SSSR count). The van der Waals surface area contributed by atoms with E-state index in [1.165, 1.54) is 6.21 Å². The number of aliphatic imine (C=N–C) groups is 1. The Morgan fingerprint density at radius 2 is 1.56 bits per heavy atom. The van der Waals surface area contributed by atoms with Crippen LogP contribution in [0.5, 0.6) is 0 Å². The van der Waals surface area contributed by atoms with Gasteiger partial charge in [-0.05, 0) is 57.9 Å². The summed E-state index contributed by atoms with van der Waals surface area (Å²) in [5.74, 6) is -1.15. The normalized spacial score (nSPS) is 12.0. The van der Waals surface area contributed by atoms with Gasteiger partial charge in [-0.15, -0.1) is 0 Å². The zero-order chi connectivity index (χ0) is 28.3. The number of anilines is 1. The Kier molecular flexibility index (Phi) is 13.1. The molecule has 0 fully saturated rings. The molecule has 0 heterocycles. The van der Waals surface area contributed by atoms with Gasteiger partial charge in [-0.1, -0.05) is 42.5 Å². The molecule has 206 valence electrons. The Labute approximate surface area is 250 Å². The molecular weight excluding hydrogens is 515 g/mol. The standard InChI is InChI=1S/C27H34N4O7.Na.H/c1-26(2,3)37-25(36)29-17-27(4,5)38-24(35)28-16-19-11-13-20(14-12-19)30-23(34)31-21(22(32)33)15-18-9-7-6-8-10-18;;/h6-14,16,21H,15,17H2,1-5H3,(H,29,36)(H,32,33)(H2,30,31,34);;/b28-16+;;. The summed E-state index contributed by atoms with van der Waals surface area (Å²) in [5.41, 5.74) is 0.0873. The van der Waals surface area contributed by atoms with E-state index in [0.29, 0.717) is 11.3 Å². The molecule has 0 saturated carbocycles. The molecule has 0 saturated heterocycles. The first-order chi connectivity index (χ1) is 17.7. The van der Waals surface area contributed by atoms with Crippen LogP contribution in [0.3, 0.4) is 0 Å². The first-order valence-electron chi connectivity index (χ1n) is 11.9. The van der Waals surface area contributed by atoms with Gasteiger partial charge in [-0.2, -0.15) is 4.99 Å². The van der Waals surface area contributed by atoms with Crippen LogP contribution in [-0.2, 0) is 20.7 Å². The fourth-order valence-electron chi connectivity index (χ4n) is 3.05. The van der Waals surface area contributed by atoms with Crippen LogP contribution in [0.4, 0.5) is 20.1 Å². The van der Waals surface area contributed by atoms with Crippen molar-refractivity contribution in [3.8, 4) is 0 Å². The van der Waals surface area contributed by atoms with Gasteiger partial charge < -0.3 is 30.5 Å². The van der Waals surface area contributed by atoms with Gasteiger partial charge >= 0.3 is 53.7 Å². The molecule has 0 spiro atoms. The molecule has 0 radical (unpaired) electrons. The van der Waals surface area contributed by atoms with E-state index in [4.69, 9.17) is 9.47 Å². The number of carboxylic acid groups (broad SMARTS) is 1. The minimum atomic E-state index is -1.15. The van der Waals surface area contributed by atoms with Crippen molar-refractivity contribution in [2.75, 3.05) is 11.9 Å². The van der Waals surface area contributed by atoms with E-state index in [1.807, 2.05) is 6.07 Å². The molecule has 1 atom stereocenters. The number of hydrogen-bond acceptors (Lipinski definition) is 6. The molecule has 0 aliphatic carbocycles. The third-order valence-corrected chi connectivity index (χ3v) is 4.79. The number of alkyl carbamates (subject to hydrolysis) is 1. The third-order valence-electron chi connectivity index (χ3n) is 4.79. The number of hydrogen-bond donors (Lipinski definition) is 4. The summed E-state index contributed by atoms with van der Waals surface area (Å²) in [7, 11) is 0. The molecule has 0 aliphatic rings. The molecular formula is C27H35N4NaO7. The molecule has 12 heteroatoms. The number of nitrogens with one attached hydrogen (secondary N) is 3. The van der Waals surface area contributed by atoms with Gasteiger partial charge in [0, 0.05) is 18.3 Å². The molecule has 0 aromatic heterocycles. The summed E-state index contributed by atoms with van der Waals surface area (Å²) in [6.07, 6.45) is -0.0322. The molecule has 4 N–H and O–H groups in total. The maximum atomic E-state index is 12.3. The molecule has 39 heavy (non-hydrogen) atoms. The second-order valence-electron chi connectivity index (χ2n) is 10.0. The van der Waals surface area contributed by atoms with Crippen LogP contribution < -0.4 is 16.0 Å². The number of nitrogens with zero attached hydrogens (tertiary/aromatic N) is 1. The minimum absolute atomic E-state index is 0. The van der Waals surface area contributed by atoms with Crippen molar-refractivity contribution >= 4 is 65.6 Å². The van der Waals surface area contributed by atoms with Crippen LogP contribution >= 0.6 is 0 Å². The number of rotatable bonds is 9. The van der Waals surface area contributed by atoms with Gasteiger partial charge in [0.05, 0.1) is 6.54 Å². The van der Waals surface area contributed by atoms with Crippen LogP contribution in [0, 0.1) is 0 Å². The Morgan fingerprint density at radius 1 is 0.949 bits per heavy atom. The van der Waals surface area contributed by atoms with Gasteiger partial charge in [0.15, 0.2) is 0 Å². The van der Waals surface area contributed by atoms with Crippen molar-refractivity contribution in [3.63, 3.8) is 0 Å².